The molecule has 0 saturated heterocycles. The second-order valence-corrected chi connectivity index (χ2v) is 7.40. The molecule has 0 radical (unpaired) electrons. The number of fused-ring (bicyclic) bond motifs is 1. The first-order chi connectivity index (χ1) is 13.6. The standard InChI is InChI=1S/C25H26N2O/c1-26(2)20-13-9-18(10-14-20)25(19-11-15-21(28-4)16-12-19)23-17-27(3)24-8-6-5-7-22(23)24/h5-17,25H,1-4H3. The van der Waals surface area contributed by atoms with Crippen molar-refractivity contribution in [3.05, 3.63) is 95.7 Å². The molecule has 0 N–H and O–H groups in total. The van der Waals surface area contributed by atoms with Gasteiger partial charge in [-0.2, -0.15) is 0 Å². The minimum Gasteiger partial charge on any atom is -0.497 e. The minimum absolute atomic E-state index is 0.160. The normalized spacial score (nSPS) is 12.1. The maximum atomic E-state index is 5.37. The van der Waals surface area contributed by atoms with Gasteiger partial charge in [-0.3, -0.25) is 0 Å². The number of rotatable bonds is 5. The van der Waals surface area contributed by atoms with Crippen LogP contribution in [-0.4, -0.2) is 25.8 Å². The molecule has 4 aromatic rings. The molecule has 0 aliphatic rings. The SMILES string of the molecule is COc1ccc(C(c2ccc(N(C)C)cc2)c2cn(C)c3ccccc23)cc1. The van der Waals surface area contributed by atoms with E-state index in [4.69, 9.17) is 4.74 Å². The lowest BCUT2D eigenvalue weighted by Gasteiger charge is -2.20. The predicted octanol–water partition coefficient (Wildman–Crippen LogP) is 5.43. The number of hydrogen-bond acceptors (Lipinski definition) is 2. The van der Waals surface area contributed by atoms with E-state index in [1.807, 2.05) is 12.1 Å². The van der Waals surface area contributed by atoms with Crippen LogP contribution in [0.3, 0.4) is 0 Å². The number of benzene rings is 3. The van der Waals surface area contributed by atoms with Gasteiger partial charge >= 0.3 is 0 Å². The zero-order valence-corrected chi connectivity index (χ0v) is 16.9. The zero-order valence-electron chi connectivity index (χ0n) is 16.9. The van der Waals surface area contributed by atoms with Gasteiger partial charge in [-0.05, 0) is 47.0 Å². The van der Waals surface area contributed by atoms with E-state index in [1.165, 1.54) is 33.3 Å². The lowest BCUT2D eigenvalue weighted by molar-refractivity contribution is 0.414. The van der Waals surface area contributed by atoms with E-state index in [-0.39, 0.29) is 5.92 Å². The molecule has 3 heteroatoms. The summed E-state index contributed by atoms with van der Waals surface area (Å²) in [5, 5.41) is 1.29. The molecule has 0 bridgehead atoms. The fourth-order valence-electron chi connectivity index (χ4n) is 3.92. The van der Waals surface area contributed by atoms with E-state index in [9.17, 15) is 0 Å². The molecule has 1 unspecified atom stereocenters. The van der Waals surface area contributed by atoms with Crippen molar-refractivity contribution >= 4 is 16.6 Å². The second-order valence-electron chi connectivity index (χ2n) is 7.40. The van der Waals surface area contributed by atoms with Crippen molar-refractivity contribution in [1.29, 1.82) is 0 Å². The second kappa shape index (κ2) is 7.43. The highest BCUT2D eigenvalue weighted by atomic mass is 16.5. The van der Waals surface area contributed by atoms with Crippen molar-refractivity contribution in [2.75, 3.05) is 26.1 Å². The van der Waals surface area contributed by atoms with Crippen LogP contribution in [0.25, 0.3) is 10.9 Å². The molecule has 1 atom stereocenters. The number of aromatic nitrogens is 1. The number of methoxy groups -OCH3 is 1. The van der Waals surface area contributed by atoms with Crippen molar-refractivity contribution in [1.82, 2.24) is 4.57 Å². The Labute approximate surface area is 166 Å². The first kappa shape index (κ1) is 18.2. The Morgan fingerprint density at radius 3 is 2.04 bits per heavy atom. The average Bonchev–Trinajstić information content (AvgIpc) is 3.06. The summed E-state index contributed by atoms with van der Waals surface area (Å²) in [4.78, 5) is 2.13. The summed E-state index contributed by atoms with van der Waals surface area (Å²) in [7, 11) is 7.96. The smallest absolute Gasteiger partial charge is 0.118 e. The molecule has 28 heavy (non-hydrogen) atoms. The fourth-order valence-corrected chi connectivity index (χ4v) is 3.92. The first-order valence-electron chi connectivity index (χ1n) is 9.53. The van der Waals surface area contributed by atoms with E-state index >= 15 is 0 Å². The Morgan fingerprint density at radius 2 is 1.43 bits per heavy atom. The summed E-state index contributed by atoms with van der Waals surface area (Å²) in [6, 6.07) is 25.9. The number of anilines is 1. The summed E-state index contributed by atoms with van der Waals surface area (Å²) in [5.74, 6) is 1.04. The zero-order chi connectivity index (χ0) is 19.7. The van der Waals surface area contributed by atoms with Gasteiger partial charge in [-0.1, -0.05) is 42.5 Å². The first-order valence-corrected chi connectivity index (χ1v) is 9.53. The van der Waals surface area contributed by atoms with Gasteiger partial charge in [0, 0.05) is 49.8 Å². The number of ether oxygens (including phenoxy) is 1. The van der Waals surface area contributed by atoms with Crippen LogP contribution in [0.15, 0.2) is 79.0 Å². The van der Waals surface area contributed by atoms with Crippen LogP contribution in [0, 0.1) is 0 Å². The van der Waals surface area contributed by atoms with Crippen LogP contribution < -0.4 is 9.64 Å². The summed E-state index contributed by atoms with van der Waals surface area (Å²) in [6.45, 7) is 0. The molecule has 0 fully saturated rings. The molecule has 0 saturated carbocycles. The van der Waals surface area contributed by atoms with E-state index < -0.39 is 0 Å². The topological polar surface area (TPSA) is 17.4 Å². The van der Waals surface area contributed by atoms with Crippen LogP contribution in [0.2, 0.25) is 0 Å². The van der Waals surface area contributed by atoms with Crippen LogP contribution in [0.4, 0.5) is 5.69 Å². The summed E-state index contributed by atoms with van der Waals surface area (Å²) in [6.07, 6.45) is 2.26. The lowest BCUT2D eigenvalue weighted by Crippen LogP contribution is -2.09. The molecule has 142 valence electrons. The van der Waals surface area contributed by atoms with Crippen molar-refractivity contribution < 1.29 is 4.74 Å². The van der Waals surface area contributed by atoms with Crippen LogP contribution in [0.1, 0.15) is 22.6 Å². The predicted molar refractivity (Wildman–Crippen MR) is 118 cm³/mol. The highest BCUT2D eigenvalue weighted by Gasteiger charge is 2.21. The molecular weight excluding hydrogens is 344 g/mol. The van der Waals surface area contributed by atoms with Gasteiger partial charge < -0.3 is 14.2 Å². The van der Waals surface area contributed by atoms with E-state index in [2.05, 4.69) is 97.5 Å². The Bertz CT molecular complexity index is 1080. The largest absolute Gasteiger partial charge is 0.497 e. The van der Waals surface area contributed by atoms with Gasteiger partial charge in [0.05, 0.1) is 7.11 Å². The van der Waals surface area contributed by atoms with Crippen molar-refractivity contribution in [2.45, 2.75) is 5.92 Å². The van der Waals surface area contributed by atoms with Crippen molar-refractivity contribution in [3.63, 3.8) is 0 Å². The number of aryl methyl sites for hydroxylation is 1. The molecule has 1 aromatic heterocycles. The molecule has 0 amide bonds. The Morgan fingerprint density at radius 1 is 0.821 bits per heavy atom. The molecule has 0 spiro atoms. The molecule has 0 aliphatic heterocycles. The van der Waals surface area contributed by atoms with E-state index in [0.29, 0.717) is 0 Å². The van der Waals surface area contributed by atoms with Crippen LogP contribution in [-0.2, 0) is 7.05 Å². The van der Waals surface area contributed by atoms with Crippen molar-refractivity contribution in [2.24, 2.45) is 7.05 Å². The number of para-hydroxylation sites is 1. The Hall–Kier alpha value is -3.20. The van der Waals surface area contributed by atoms with Gasteiger partial charge in [-0.15, -0.1) is 0 Å². The van der Waals surface area contributed by atoms with E-state index in [0.717, 1.165) is 5.75 Å². The van der Waals surface area contributed by atoms with Crippen LogP contribution >= 0.6 is 0 Å². The highest BCUT2D eigenvalue weighted by molar-refractivity contribution is 5.85. The van der Waals surface area contributed by atoms with Gasteiger partial charge in [0.25, 0.3) is 0 Å². The maximum absolute atomic E-state index is 5.37. The monoisotopic (exact) mass is 370 g/mol. The minimum atomic E-state index is 0.160. The molecule has 1 heterocycles. The van der Waals surface area contributed by atoms with E-state index in [1.54, 1.807) is 7.11 Å². The molecule has 0 aliphatic carbocycles. The van der Waals surface area contributed by atoms with Crippen molar-refractivity contribution in [3.8, 4) is 5.75 Å². The average molecular weight is 370 g/mol. The highest BCUT2D eigenvalue weighted by Crippen LogP contribution is 2.38. The Balaban J connectivity index is 1.89. The lowest BCUT2D eigenvalue weighted by atomic mass is 9.85. The maximum Gasteiger partial charge on any atom is 0.118 e. The third-order valence-corrected chi connectivity index (χ3v) is 5.43. The Kier molecular flexibility index (Phi) is 4.82. The molecular formula is C25H26N2O. The molecule has 3 nitrogen and oxygen atoms in total. The third kappa shape index (κ3) is 3.24. The van der Waals surface area contributed by atoms with Gasteiger partial charge in [0.2, 0.25) is 0 Å². The van der Waals surface area contributed by atoms with Crippen LogP contribution in [0.5, 0.6) is 5.75 Å². The number of nitrogens with zero attached hydrogens (tertiary/aromatic N) is 2. The molecule has 4 rings (SSSR count). The molecule has 3 aromatic carbocycles. The summed E-state index contributed by atoms with van der Waals surface area (Å²) < 4.78 is 7.58. The van der Waals surface area contributed by atoms with Gasteiger partial charge in [-0.25, -0.2) is 0 Å². The number of hydrogen-bond donors (Lipinski definition) is 0. The summed E-state index contributed by atoms with van der Waals surface area (Å²) >= 11 is 0. The van der Waals surface area contributed by atoms with Gasteiger partial charge in [0.15, 0.2) is 0 Å². The fraction of sp³-hybridized carbons (Fsp3) is 0.200. The summed E-state index contributed by atoms with van der Waals surface area (Å²) in [5.41, 5.74) is 6.32. The third-order valence-electron chi connectivity index (χ3n) is 5.43. The quantitative estimate of drug-likeness (QED) is 0.466. The van der Waals surface area contributed by atoms with Gasteiger partial charge in [0.1, 0.15) is 5.75 Å².